The Hall–Kier alpha value is -1.64. The summed E-state index contributed by atoms with van der Waals surface area (Å²) in [5.74, 6) is 0. The van der Waals surface area contributed by atoms with E-state index in [-0.39, 0.29) is 0 Å². The van der Waals surface area contributed by atoms with Gasteiger partial charge in [-0.3, -0.25) is 15.7 Å². The van der Waals surface area contributed by atoms with E-state index in [2.05, 4.69) is 0 Å². The number of aryl methyl sites for hydroxylation is 1. The first-order valence-corrected chi connectivity index (χ1v) is 4.06. The Balaban J connectivity index is 3.20. The third-order valence-corrected chi connectivity index (χ3v) is 2.13. The van der Waals surface area contributed by atoms with Gasteiger partial charge < -0.3 is 0 Å². The fraction of sp³-hybridized carbons (Fsp3) is 0.200. The van der Waals surface area contributed by atoms with Crippen LogP contribution in [-0.4, -0.2) is 12.7 Å². The highest BCUT2D eigenvalue weighted by molar-refractivity contribution is 5.98. The average Bonchev–Trinajstić information content (AvgIpc) is 2.14. The lowest BCUT2D eigenvalue weighted by Gasteiger charge is -2.16. The molecule has 0 amide bonds. The van der Waals surface area contributed by atoms with Crippen molar-refractivity contribution in [1.82, 2.24) is 0 Å². The van der Waals surface area contributed by atoms with E-state index in [0.29, 0.717) is 0 Å². The van der Waals surface area contributed by atoms with Crippen molar-refractivity contribution in [2.75, 3.05) is 4.90 Å². The van der Waals surface area contributed by atoms with Crippen LogP contribution in [0.3, 0.4) is 0 Å². The van der Waals surface area contributed by atoms with Gasteiger partial charge in [-0.2, -0.15) is 0 Å². The summed E-state index contributed by atoms with van der Waals surface area (Å²) in [6, 6.07) is 5.85. The lowest BCUT2D eigenvalue weighted by atomic mass is 10.1. The van der Waals surface area contributed by atoms with Gasteiger partial charge in [0, 0.05) is 0 Å². The molecule has 1 aromatic carbocycles. The van der Waals surface area contributed by atoms with Gasteiger partial charge >= 0.3 is 0 Å². The van der Waals surface area contributed by atoms with Crippen LogP contribution < -0.4 is 4.90 Å². The number of nitrogens with one attached hydrogen (secondary N) is 2. The molecule has 0 atom stereocenters. The topological polar surface area (TPSA) is 50.9 Å². The number of anilines is 1. The Labute approximate surface area is 78.0 Å². The zero-order valence-corrected chi connectivity index (χ0v) is 7.83. The van der Waals surface area contributed by atoms with Crippen molar-refractivity contribution in [3.8, 4) is 0 Å². The van der Waals surface area contributed by atoms with E-state index in [1.54, 1.807) is 0 Å². The van der Waals surface area contributed by atoms with Gasteiger partial charge in [0.05, 0.1) is 18.4 Å². The first-order valence-electron chi connectivity index (χ1n) is 4.06. The molecule has 3 nitrogen and oxygen atoms in total. The molecule has 68 valence electrons. The summed E-state index contributed by atoms with van der Waals surface area (Å²) in [7, 11) is 0. The summed E-state index contributed by atoms with van der Waals surface area (Å²) in [5.41, 5.74) is 3.17. The normalized spacial score (nSPS) is 9.38. The van der Waals surface area contributed by atoms with Gasteiger partial charge in [0.25, 0.3) is 0 Å². The molecule has 13 heavy (non-hydrogen) atoms. The maximum Gasteiger partial charge on any atom is 0.0915 e. The summed E-state index contributed by atoms with van der Waals surface area (Å²) >= 11 is 0. The van der Waals surface area contributed by atoms with E-state index in [0.717, 1.165) is 23.9 Å². The van der Waals surface area contributed by atoms with Crippen LogP contribution >= 0.6 is 0 Å². The van der Waals surface area contributed by atoms with E-state index in [1.807, 2.05) is 32.0 Å². The Bertz CT molecular complexity index is 323. The third kappa shape index (κ3) is 1.75. The lowest BCUT2D eigenvalue weighted by Crippen LogP contribution is -2.18. The van der Waals surface area contributed by atoms with Gasteiger partial charge in [-0.05, 0) is 31.0 Å². The lowest BCUT2D eigenvalue weighted by molar-refractivity contribution is 1.29. The highest BCUT2D eigenvalue weighted by Gasteiger charge is 2.04. The minimum Gasteiger partial charge on any atom is -0.292 e. The Kier molecular flexibility index (Phi) is 2.80. The van der Waals surface area contributed by atoms with Crippen LogP contribution in [0, 0.1) is 24.7 Å². The summed E-state index contributed by atoms with van der Waals surface area (Å²) < 4.78 is 0. The number of rotatable bonds is 3. The van der Waals surface area contributed by atoms with E-state index in [1.165, 1.54) is 10.5 Å². The van der Waals surface area contributed by atoms with Gasteiger partial charge in [0.1, 0.15) is 0 Å². The fourth-order valence-corrected chi connectivity index (χ4v) is 1.19. The van der Waals surface area contributed by atoms with Crippen LogP contribution in [0.4, 0.5) is 5.69 Å². The Morgan fingerprint density at radius 3 is 2.31 bits per heavy atom. The van der Waals surface area contributed by atoms with Crippen molar-refractivity contribution in [2.45, 2.75) is 13.8 Å². The maximum absolute atomic E-state index is 7.11. The second-order valence-electron chi connectivity index (χ2n) is 2.88. The van der Waals surface area contributed by atoms with Crippen molar-refractivity contribution < 1.29 is 0 Å². The monoisotopic (exact) mass is 175 g/mol. The second kappa shape index (κ2) is 3.85. The molecule has 0 aliphatic carbocycles. The quantitative estimate of drug-likeness (QED) is 0.537. The van der Waals surface area contributed by atoms with Crippen LogP contribution in [0.2, 0.25) is 0 Å². The van der Waals surface area contributed by atoms with Crippen LogP contribution in [0.5, 0.6) is 0 Å². The number of nitrogens with zero attached hydrogens (tertiary/aromatic N) is 1. The Morgan fingerprint density at radius 2 is 1.77 bits per heavy atom. The van der Waals surface area contributed by atoms with Gasteiger partial charge in [0.15, 0.2) is 0 Å². The molecule has 0 heterocycles. The van der Waals surface area contributed by atoms with Crippen molar-refractivity contribution in [3.05, 3.63) is 29.3 Å². The molecule has 0 bridgehead atoms. The smallest absolute Gasteiger partial charge is 0.0915 e. The molecule has 0 saturated carbocycles. The molecule has 2 N–H and O–H groups in total. The molecule has 0 aliphatic heterocycles. The number of hydrogen-bond acceptors (Lipinski definition) is 2. The second-order valence-corrected chi connectivity index (χ2v) is 2.88. The van der Waals surface area contributed by atoms with Gasteiger partial charge in [-0.25, -0.2) is 0 Å². The van der Waals surface area contributed by atoms with Crippen molar-refractivity contribution in [2.24, 2.45) is 0 Å². The van der Waals surface area contributed by atoms with E-state index in [9.17, 15) is 0 Å². The molecule has 0 unspecified atom stereocenters. The molecule has 0 aliphatic rings. The van der Waals surface area contributed by atoms with Crippen molar-refractivity contribution >= 4 is 18.4 Å². The first kappa shape index (κ1) is 9.45. The SMILES string of the molecule is Cc1cccc(N(C=N)C=N)c1C. The first-order chi connectivity index (χ1) is 6.20. The van der Waals surface area contributed by atoms with E-state index < -0.39 is 0 Å². The van der Waals surface area contributed by atoms with Crippen molar-refractivity contribution in [1.29, 1.82) is 10.8 Å². The highest BCUT2D eigenvalue weighted by atomic mass is 15.1. The zero-order valence-electron chi connectivity index (χ0n) is 7.83. The predicted molar refractivity (Wildman–Crippen MR) is 56.0 cm³/mol. The summed E-state index contributed by atoms with van der Waals surface area (Å²) in [5, 5.41) is 14.2. The summed E-state index contributed by atoms with van der Waals surface area (Å²) in [6.45, 7) is 4.01. The zero-order chi connectivity index (χ0) is 9.84. The molecule has 0 fully saturated rings. The molecule has 0 radical (unpaired) electrons. The average molecular weight is 175 g/mol. The number of hydrogen-bond donors (Lipinski definition) is 2. The van der Waals surface area contributed by atoms with Crippen molar-refractivity contribution in [3.63, 3.8) is 0 Å². The molecule has 1 rings (SSSR count). The molecule has 1 aromatic rings. The molecule has 0 saturated heterocycles. The Morgan fingerprint density at radius 1 is 1.15 bits per heavy atom. The fourth-order valence-electron chi connectivity index (χ4n) is 1.19. The van der Waals surface area contributed by atoms with E-state index >= 15 is 0 Å². The maximum atomic E-state index is 7.11. The van der Waals surface area contributed by atoms with Crippen LogP contribution in [0.1, 0.15) is 11.1 Å². The van der Waals surface area contributed by atoms with Gasteiger partial charge in [-0.1, -0.05) is 12.1 Å². The molecule has 3 heteroatoms. The minimum atomic E-state index is 0.894. The highest BCUT2D eigenvalue weighted by Crippen LogP contribution is 2.20. The molecular weight excluding hydrogens is 162 g/mol. The van der Waals surface area contributed by atoms with Crippen LogP contribution in [0.25, 0.3) is 0 Å². The largest absolute Gasteiger partial charge is 0.292 e. The molecule has 0 aromatic heterocycles. The van der Waals surface area contributed by atoms with Crippen LogP contribution in [0.15, 0.2) is 18.2 Å². The molecule has 0 spiro atoms. The van der Waals surface area contributed by atoms with E-state index in [4.69, 9.17) is 10.8 Å². The van der Waals surface area contributed by atoms with Gasteiger partial charge in [0.2, 0.25) is 0 Å². The van der Waals surface area contributed by atoms with Gasteiger partial charge in [-0.15, -0.1) is 0 Å². The minimum absolute atomic E-state index is 0.894. The predicted octanol–water partition coefficient (Wildman–Crippen LogP) is 2.32. The standard InChI is InChI=1S/C10H13N3/c1-8-4-3-5-10(9(8)2)13(6-11)7-12/h3-7,11-12H,1-2H3. The van der Waals surface area contributed by atoms with Crippen LogP contribution in [-0.2, 0) is 0 Å². The number of benzene rings is 1. The summed E-state index contributed by atoms with van der Waals surface area (Å²) in [4.78, 5) is 1.47. The molecular formula is C10H13N3. The third-order valence-electron chi connectivity index (χ3n) is 2.13. The summed E-state index contributed by atoms with van der Waals surface area (Å²) in [6.07, 6.45) is 2.27.